The number of hydrogen-bond acceptors (Lipinski definition) is 2. The second-order valence-corrected chi connectivity index (χ2v) is 2.99. The Balaban J connectivity index is 2.67. The molecule has 13 heavy (non-hydrogen) atoms. The highest BCUT2D eigenvalue weighted by Crippen LogP contribution is 2.12. The van der Waals surface area contributed by atoms with Crippen molar-refractivity contribution in [3.05, 3.63) is 24.1 Å². The molecule has 0 aliphatic carbocycles. The highest BCUT2D eigenvalue weighted by atomic mass is 19.1. The van der Waals surface area contributed by atoms with E-state index in [0.29, 0.717) is 11.9 Å². The lowest BCUT2D eigenvalue weighted by atomic mass is 10.2. The van der Waals surface area contributed by atoms with Gasteiger partial charge in [-0.1, -0.05) is 13.8 Å². The van der Waals surface area contributed by atoms with E-state index in [2.05, 4.69) is 24.1 Å². The summed E-state index contributed by atoms with van der Waals surface area (Å²) in [4.78, 5) is 3.93. The lowest BCUT2D eigenvalue weighted by molar-refractivity contribution is 0.608. The first-order valence-corrected chi connectivity index (χ1v) is 4.65. The van der Waals surface area contributed by atoms with E-state index in [0.717, 1.165) is 12.8 Å². The van der Waals surface area contributed by atoms with Crippen molar-refractivity contribution in [2.45, 2.75) is 32.7 Å². The molecule has 1 N–H and O–H groups in total. The molecule has 0 aliphatic rings. The van der Waals surface area contributed by atoms with Gasteiger partial charge in [0.2, 0.25) is 0 Å². The largest absolute Gasteiger partial charge is 0.365 e. The number of pyridine rings is 1. The van der Waals surface area contributed by atoms with Crippen LogP contribution in [0.25, 0.3) is 0 Å². The molecule has 0 unspecified atom stereocenters. The Morgan fingerprint density at radius 1 is 1.46 bits per heavy atom. The molecule has 0 radical (unpaired) electrons. The molecule has 2 nitrogen and oxygen atoms in total. The monoisotopic (exact) mass is 182 g/mol. The molecule has 0 bridgehead atoms. The Hall–Kier alpha value is -1.12. The van der Waals surface area contributed by atoms with Crippen molar-refractivity contribution in [3.63, 3.8) is 0 Å². The normalized spacial score (nSPS) is 10.5. The predicted octanol–water partition coefficient (Wildman–Crippen LogP) is 2.82. The van der Waals surface area contributed by atoms with E-state index in [-0.39, 0.29) is 5.82 Å². The van der Waals surface area contributed by atoms with Crippen molar-refractivity contribution in [2.75, 3.05) is 5.32 Å². The van der Waals surface area contributed by atoms with Crippen LogP contribution >= 0.6 is 0 Å². The van der Waals surface area contributed by atoms with Crippen molar-refractivity contribution in [3.8, 4) is 0 Å². The molecular formula is C10H15FN2. The predicted molar refractivity (Wildman–Crippen MR) is 52.2 cm³/mol. The topological polar surface area (TPSA) is 24.9 Å². The van der Waals surface area contributed by atoms with Gasteiger partial charge < -0.3 is 5.32 Å². The molecule has 0 saturated heterocycles. The van der Waals surface area contributed by atoms with Crippen molar-refractivity contribution in [1.82, 2.24) is 4.98 Å². The molecule has 0 spiro atoms. The summed E-state index contributed by atoms with van der Waals surface area (Å²) < 4.78 is 13.1. The van der Waals surface area contributed by atoms with E-state index in [4.69, 9.17) is 0 Å². The van der Waals surface area contributed by atoms with E-state index in [1.54, 1.807) is 12.3 Å². The van der Waals surface area contributed by atoms with Crippen LogP contribution in [-0.2, 0) is 0 Å². The van der Waals surface area contributed by atoms with Gasteiger partial charge in [0.05, 0.1) is 0 Å². The maximum Gasteiger partial charge on any atom is 0.165 e. The summed E-state index contributed by atoms with van der Waals surface area (Å²) in [5.74, 6) is 0.0746. The number of halogens is 1. The van der Waals surface area contributed by atoms with E-state index >= 15 is 0 Å². The van der Waals surface area contributed by atoms with Gasteiger partial charge in [0.15, 0.2) is 11.6 Å². The Morgan fingerprint density at radius 2 is 2.15 bits per heavy atom. The van der Waals surface area contributed by atoms with Crippen molar-refractivity contribution < 1.29 is 4.39 Å². The van der Waals surface area contributed by atoms with Gasteiger partial charge in [0.25, 0.3) is 0 Å². The van der Waals surface area contributed by atoms with Crippen molar-refractivity contribution in [2.24, 2.45) is 0 Å². The van der Waals surface area contributed by atoms with Crippen molar-refractivity contribution in [1.29, 1.82) is 0 Å². The van der Waals surface area contributed by atoms with Crippen LogP contribution in [0.15, 0.2) is 18.3 Å². The van der Waals surface area contributed by atoms with Gasteiger partial charge in [0, 0.05) is 12.2 Å². The van der Waals surface area contributed by atoms with Gasteiger partial charge in [0.1, 0.15) is 0 Å². The Bertz CT molecular complexity index is 259. The van der Waals surface area contributed by atoms with Gasteiger partial charge in [-0.15, -0.1) is 0 Å². The molecule has 72 valence electrons. The van der Waals surface area contributed by atoms with Crippen LogP contribution in [0.3, 0.4) is 0 Å². The molecule has 0 atom stereocenters. The average Bonchev–Trinajstić information content (AvgIpc) is 2.17. The fourth-order valence-electron chi connectivity index (χ4n) is 1.18. The summed E-state index contributed by atoms with van der Waals surface area (Å²) in [5, 5.41) is 3.06. The van der Waals surface area contributed by atoms with Gasteiger partial charge >= 0.3 is 0 Å². The van der Waals surface area contributed by atoms with Crippen LogP contribution in [0.1, 0.15) is 26.7 Å². The summed E-state index contributed by atoms with van der Waals surface area (Å²) in [5.41, 5.74) is 0. The zero-order valence-electron chi connectivity index (χ0n) is 8.05. The van der Waals surface area contributed by atoms with Crippen LogP contribution in [0.5, 0.6) is 0 Å². The summed E-state index contributed by atoms with van der Waals surface area (Å²) in [7, 11) is 0. The molecule has 0 saturated carbocycles. The standard InChI is InChI=1S/C10H15FN2/c1-3-8(4-2)13-10-9(11)6-5-7-12-10/h5-8H,3-4H2,1-2H3,(H,12,13). The minimum Gasteiger partial charge on any atom is -0.365 e. The van der Waals surface area contributed by atoms with E-state index in [1.807, 2.05) is 0 Å². The molecule has 1 rings (SSSR count). The maximum absolute atomic E-state index is 13.1. The molecule has 0 aliphatic heterocycles. The molecule has 1 aromatic rings. The fourth-order valence-corrected chi connectivity index (χ4v) is 1.18. The number of rotatable bonds is 4. The van der Waals surface area contributed by atoms with Gasteiger partial charge in [-0.2, -0.15) is 0 Å². The number of aromatic nitrogens is 1. The summed E-state index contributed by atoms with van der Waals surface area (Å²) >= 11 is 0. The zero-order valence-corrected chi connectivity index (χ0v) is 8.05. The third kappa shape index (κ3) is 2.68. The average molecular weight is 182 g/mol. The molecule has 0 fully saturated rings. The van der Waals surface area contributed by atoms with Crippen LogP contribution in [-0.4, -0.2) is 11.0 Å². The first-order chi connectivity index (χ1) is 6.27. The minimum atomic E-state index is -0.283. The first-order valence-electron chi connectivity index (χ1n) is 4.65. The number of hydrogen-bond donors (Lipinski definition) is 1. The fraction of sp³-hybridized carbons (Fsp3) is 0.500. The highest BCUT2D eigenvalue weighted by Gasteiger charge is 2.06. The smallest absolute Gasteiger partial charge is 0.165 e. The summed E-state index contributed by atoms with van der Waals surface area (Å²) in [6.07, 6.45) is 3.55. The quantitative estimate of drug-likeness (QED) is 0.774. The van der Waals surface area contributed by atoms with E-state index in [1.165, 1.54) is 6.07 Å². The van der Waals surface area contributed by atoms with Crippen LogP contribution in [0, 0.1) is 5.82 Å². The SMILES string of the molecule is CCC(CC)Nc1ncccc1F. The Labute approximate surface area is 78.2 Å². The van der Waals surface area contributed by atoms with E-state index < -0.39 is 0 Å². The lowest BCUT2D eigenvalue weighted by Gasteiger charge is -2.15. The van der Waals surface area contributed by atoms with Crippen LogP contribution in [0.2, 0.25) is 0 Å². The molecular weight excluding hydrogens is 167 g/mol. The van der Waals surface area contributed by atoms with Crippen molar-refractivity contribution >= 4 is 5.82 Å². The first kappa shape index (κ1) is 9.96. The number of anilines is 1. The number of nitrogens with zero attached hydrogens (tertiary/aromatic N) is 1. The van der Waals surface area contributed by atoms with Crippen LogP contribution in [0.4, 0.5) is 10.2 Å². The highest BCUT2D eigenvalue weighted by molar-refractivity contribution is 5.36. The molecule has 0 aromatic carbocycles. The Kier molecular flexibility index (Phi) is 3.68. The van der Waals surface area contributed by atoms with Crippen LogP contribution < -0.4 is 5.32 Å². The maximum atomic E-state index is 13.1. The van der Waals surface area contributed by atoms with Gasteiger partial charge in [-0.05, 0) is 25.0 Å². The third-order valence-electron chi connectivity index (χ3n) is 2.08. The third-order valence-corrected chi connectivity index (χ3v) is 2.08. The lowest BCUT2D eigenvalue weighted by Crippen LogP contribution is -2.18. The van der Waals surface area contributed by atoms with Gasteiger partial charge in [-0.3, -0.25) is 0 Å². The van der Waals surface area contributed by atoms with E-state index in [9.17, 15) is 4.39 Å². The molecule has 3 heteroatoms. The summed E-state index contributed by atoms with van der Waals surface area (Å²) in [6, 6.07) is 3.31. The Morgan fingerprint density at radius 3 is 2.69 bits per heavy atom. The second kappa shape index (κ2) is 4.80. The second-order valence-electron chi connectivity index (χ2n) is 2.99. The summed E-state index contributed by atoms with van der Waals surface area (Å²) in [6.45, 7) is 4.14. The molecule has 0 amide bonds. The zero-order chi connectivity index (χ0) is 9.68. The molecule has 1 aromatic heterocycles. The number of nitrogens with one attached hydrogen (secondary N) is 1. The minimum absolute atomic E-state index is 0.283. The van der Waals surface area contributed by atoms with Gasteiger partial charge in [-0.25, -0.2) is 9.37 Å². The molecule has 1 heterocycles.